The smallest absolute Gasteiger partial charge is 0.281 e. The van der Waals surface area contributed by atoms with Crippen LogP contribution in [0.3, 0.4) is 0 Å². The lowest BCUT2D eigenvalue weighted by Gasteiger charge is -2.26. The average molecular weight is 394 g/mol. The third-order valence-corrected chi connectivity index (χ3v) is 5.72. The van der Waals surface area contributed by atoms with Gasteiger partial charge in [0.1, 0.15) is 0 Å². The Hall–Kier alpha value is -2.90. The number of fused-ring (bicyclic) bond motifs is 1. The summed E-state index contributed by atoms with van der Waals surface area (Å²) in [5.74, 6) is -1.85. The van der Waals surface area contributed by atoms with Crippen molar-refractivity contribution in [3.8, 4) is 0 Å². The van der Waals surface area contributed by atoms with Gasteiger partial charge in [-0.05, 0) is 23.6 Å². The molecule has 142 valence electrons. The molecule has 1 heterocycles. The van der Waals surface area contributed by atoms with E-state index in [2.05, 4.69) is 5.10 Å². The molecule has 0 aromatic heterocycles. The summed E-state index contributed by atoms with van der Waals surface area (Å²) in [6, 6.07) is 17.9. The lowest BCUT2D eigenvalue weighted by atomic mass is 9.80. The predicted octanol–water partition coefficient (Wildman–Crippen LogP) is 2.58. The number of carbonyl (C=O) groups excluding carboxylic acids is 2. The number of carbonyl (C=O) groups is 2. The summed E-state index contributed by atoms with van der Waals surface area (Å²) in [6.07, 6.45) is 1.65. The first-order valence-electron chi connectivity index (χ1n) is 8.85. The summed E-state index contributed by atoms with van der Waals surface area (Å²) in [6.45, 7) is 1.73. The molecule has 7 heteroatoms. The fourth-order valence-corrected chi connectivity index (χ4v) is 4.24. The van der Waals surface area contributed by atoms with E-state index in [1.165, 1.54) is 4.41 Å². The predicted molar refractivity (Wildman–Crippen MR) is 105 cm³/mol. The maximum atomic E-state index is 12.8. The Morgan fingerprint density at radius 1 is 1.04 bits per heavy atom. The number of hydrogen-bond acceptors (Lipinski definition) is 5. The molecule has 0 saturated carbocycles. The molecule has 0 fully saturated rings. The van der Waals surface area contributed by atoms with Gasteiger partial charge in [0.05, 0.1) is 24.3 Å². The number of ketones is 2. The third kappa shape index (κ3) is 3.34. The van der Waals surface area contributed by atoms with Crippen LogP contribution < -0.4 is 0 Å². The van der Waals surface area contributed by atoms with E-state index in [1.54, 1.807) is 13.0 Å². The SMILES string of the molecule is CC1=CC2C(C(=O)C1=O)C(c1ccccc1)=NN2S(=O)OCc1ccccc1. The van der Waals surface area contributed by atoms with Gasteiger partial charge in [-0.1, -0.05) is 66.7 Å². The zero-order chi connectivity index (χ0) is 19.7. The van der Waals surface area contributed by atoms with E-state index < -0.39 is 34.8 Å². The second-order valence-electron chi connectivity index (χ2n) is 6.63. The molecule has 3 unspecified atom stereocenters. The van der Waals surface area contributed by atoms with Crippen molar-refractivity contribution in [3.63, 3.8) is 0 Å². The lowest BCUT2D eigenvalue weighted by Crippen LogP contribution is -2.44. The highest BCUT2D eigenvalue weighted by atomic mass is 32.2. The quantitative estimate of drug-likeness (QED) is 0.731. The number of benzene rings is 2. The number of Topliss-reactive ketones (excluding diaryl/α,β-unsaturated/α-hetero) is 2. The molecule has 1 aliphatic carbocycles. The Labute approximate surface area is 165 Å². The van der Waals surface area contributed by atoms with Crippen molar-refractivity contribution >= 4 is 28.5 Å². The summed E-state index contributed by atoms with van der Waals surface area (Å²) < 4.78 is 19.6. The fraction of sp³-hybridized carbons (Fsp3) is 0.190. The molecule has 1 aliphatic heterocycles. The maximum absolute atomic E-state index is 12.8. The van der Waals surface area contributed by atoms with Crippen molar-refractivity contribution in [3.05, 3.63) is 83.4 Å². The van der Waals surface area contributed by atoms with E-state index >= 15 is 0 Å². The van der Waals surface area contributed by atoms with Crippen molar-refractivity contribution in [2.24, 2.45) is 11.0 Å². The number of hydrogen-bond donors (Lipinski definition) is 0. The molecule has 2 aromatic carbocycles. The van der Waals surface area contributed by atoms with E-state index in [9.17, 15) is 13.8 Å². The highest BCUT2D eigenvalue weighted by Crippen LogP contribution is 2.33. The van der Waals surface area contributed by atoms with Crippen LogP contribution in [0.4, 0.5) is 0 Å². The van der Waals surface area contributed by atoms with Crippen molar-refractivity contribution in [1.29, 1.82) is 0 Å². The average Bonchev–Trinajstić information content (AvgIpc) is 3.11. The third-order valence-electron chi connectivity index (χ3n) is 4.77. The molecular formula is C21H18N2O4S. The van der Waals surface area contributed by atoms with Crippen LogP contribution in [0, 0.1) is 5.92 Å². The summed E-state index contributed by atoms with van der Waals surface area (Å²) >= 11 is -1.91. The van der Waals surface area contributed by atoms with E-state index in [1.807, 2.05) is 60.7 Å². The van der Waals surface area contributed by atoms with Gasteiger partial charge in [-0.3, -0.25) is 13.8 Å². The second kappa shape index (κ2) is 7.61. The van der Waals surface area contributed by atoms with Crippen molar-refractivity contribution in [2.45, 2.75) is 19.6 Å². The molecule has 0 saturated heterocycles. The van der Waals surface area contributed by atoms with Gasteiger partial charge in [0, 0.05) is 0 Å². The van der Waals surface area contributed by atoms with Crippen LogP contribution in [0.15, 0.2) is 77.4 Å². The Morgan fingerprint density at radius 3 is 2.36 bits per heavy atom. The van der Waals surface area contributed by atoms with Gasteiger partial charge in [0.2, 0.25) is 11.6 Å². The Morgan fingerprint density at radius 2 is 1.68 bits per heavy atom. The van der Waals surface area contributed by atoms with Crippen LogP contribution in [-0.2, 0) is 31.6 Å². The van der Waals surface area contributed by atoms with E-state index in [0.29, 0.717) is 16.8 Å². The molecule has 6 nitrogen and oxygen atoms in total. The first-order valence-corrected chi connectivity index (χ1v) is 9.88. The first kappa shape index (κ1) is 18.5. The number of hydrazone groups is 1. The van der Waals surface area contributed by atoms with Crippen LogP contribution in [0.5, 0.6) is 0 Å². The number of allylic oxidation sites excluding steroid dienone is 1. The van der Waals surface area contributed by atoms with E-state index in [4.69, 9.17) is 4.18 Å². The molecule has 0 N–H and O–H groups in total. The van der Waals surface area contributed by atoms with E-state index in [-0.39, 0.29) is 6.61 Å². The van der Waals surface area contributed by atoms with Gasteiger partial charge in [0.25, 0.3) is 11.3 Å². The van der Waals surface area contributed by atoms with Gasteiger partial charge < -0.3 is 0 Å². The number of nitrogens with zero attached hydrogens (tertiary/aromatic N) is 2. The van der Waals surface area contributed by atoms with Crippen LogP contribution in [-0.4, -0.2) is 31.9 Å². The molecule has 0 amide bonds. The van der Waals surface area contributed by atoms with Crippen LogP contribution in [0.25, 0.3) is 0 Å². The van der Waals surface area contributed by atoms with E-state index in [0.717, 1.165) is 5.56 Å². The molecule has 0 spiro atoms. The van der Waals surface area contributed by atoms with Gasteiger partial charge in [-0.2, -0.15) is 9.52 Å². The van der Waals surface area contributed by atoms with Crippen molar-refractivity contribution in [1.82, 2.24) is 4.41 Å². The van der Waals surface area contributed by atoms with Gasteiger partial charge in [-0.15, -0.1) is 0 Å². The van der Waals surface area contributed by atoms with Crippen molar-refractivity contribution < 1.29 is 18.0 Å². The highest BCUT2D eigenvalue weighted by Gasteiger charge is 2.49. The molecule has 0 radical (unpaired) electrons. The van der Waals surface area contributed by atoms with Crippen molar-refractivity contribution in [2.75, 3.05) is 0 Å². The molecule has 2 aromatic rings. The maximum Gasteiger partial charge on any atom is 0.281 e. The summed E-state index contributed by atoms with van der Waals surface area (Å²) in [5, 5.41) is 4.44. The normalized spacial score (nSPS) is 22.5. The fourth-order valence-electron chi connectivity index (χ4n) is 3.36. The monoisotopic (exact) mass is 394 g/mol. The minimum absolute atomic E-state index is 0.146. The molecular weight excluding hydrogens is 376 g/mol. The molecule has 28 heavy (non-hydrogen) atoms. The summed E-state index contributed by atoms with van der Waals surface area (Å²) in [4.78, 5) is 24.9. The minimum Gasteiger partial charge on any atom is -0.290 e. The molecule has 0 bridgehead atoms. The topological polar surface area (TPSA) is 76.0 Å². The first-order chi connectivity index (χ1) is 13.6. The molecule has 4 rings (SSSR count). The van der Waals surface area contributed by atoms with Crippen LogP contribution >= 0.6 is 0 Å². The second-order valence-corrected chi connectivity index (χ2v) is 7.67. The highest BCUT2D eigenvalue weighted by molar-refractivity contribution is 7.77. The van der Waals surface area contributed by atoms with Gasteiger partial charge in [-0.25, -0.2) is 4.21 Å². The minimum atomic E-state index is -1.91. The van der Waals surface area contributed by atoms with Gasteiger partial charge in [0.15, 0.2) is 0 Å². The molecule has 2 aliphatic rings. The Balaban J connectivity index is 1.65. The Kier molecular flexibility index (Phi) is 5.02. The Bertz CT molecular complexity index is 1000. The summed E-state index contributed by atoms with van der Waals surface area (Å²) in [5.41, 5.74) is 2.36. The number of rotatable bonds is 5. The largest absolute Gasteiger partial charge is 0.290 e. The zero-order valence-electron chi connectivity index (χ0n) is 15.1. The van der Waals surface area contributed by atoms with Gasteiger partial charge >= 0.3 is 0 Å². The summed E-state index contributed by atoms with van der Waals surface area (Å²) in [7, 11) is 0. The lowest BCUT2D eigenvalue weighted by molar-refractivity contribution is -0.136. The van der Waals surface area contributed by atoms with Crippen LogP contribution in [0.2, 0.25) is 0 Å². The molecule has 3 atom stereocenters. The van der Waals surface area contributed by atoms with Crippen LogP contribution in [0.1, 0.15) is 18.1 Å². The standard InChI is InChI=1S/C21H18N2O4S/c1-14-12-17-18(21(25)20(14)24)19(16-10-6-3-7-11-16)22-23(17)28(26)27-13-15-8-4-2-5-9-15/h2-12,17-18H,13H2,1H3. The zero-order valence-corrected chi connectivity index (χ0v) is 16.0.